The number of carbonyl (C=O) groups excluding carboxylic acids is 1. The number of nitrogens with one attached hydrogen (secondary N) is 1. The SMILES string of the molecule is CC1Cc2cc(-c3ccc(CNC(=O)CCC(=O)O)cc3)ccc2O1. The molecule has 5 heteroatoms. The molecule has 1 heterocycles. The second kappa shape index (κ2) is 7.38. The zero-order chi connectivity index (χ0) is 17.8. The summed E-state index contributed by atoms with van der Waals surface area (Å²) in [5, 5.41) is 11.3. The number of hydrogen-bond donors (Lipinski definition) is 2. The van der Waals surface area contributed by atoms with E-state index in [9.17, 15) is 9.59 Å². The Hall–Kier alpha value is -2.82. The Morgan fingerprint density at radius 2 is 1.84 bits per heavy atom. The highest BCUT2D eigenvalue weighted by molar-refractivity contribution is 5.80. The molecule has 2 N–H and O–H groups in total. The number of amides is 1. The van der Waals surface area contributed by atoms with E-state index >= 15 is 0 Å². The molecule has 1 atom stereocenters. The molecular weight excluding hydrogens is 318 g/mol. The predicted octanol–water partition coefficient (Wildman–Crippen LogP) is 3.16. The first-order chi connectivity index (χ1) is 12.0. The lowest BCUT2D eigenvalue weighted by Crippen LogP contribution is -2.23. The molecule has 0 radical (unpaired) electrons. The third-order valence-electron chi connectivity index (χ3n) is 4.24. The number of ether oxygens (including phenoxy) is 1. The first kappa shape index (κ1) is 17.0. The van der Waals surface area contributed by atoms with Crippen molar-refractivity contribution in [2.24, 2.45) is 0 Å². The van der Waals surface area contributed by atoms with Crippen LogP contribution in [0.4, 0.5) is 0 Å². The maximum absolute atomic E-state index is 11.6. The number of rotatable bonds is 6. The average Bonchev–Trinajstić information content (AvgIpc) is 2.97. The van der Waals surface area contributed by atoms with E-state index in [2.05, 4.69) is 24.4 Å². The molecule has 0 saturated carbocycles. The molecule has 25 heavy (non-hydrogen) atoms. The van der Waals surface area contributed by atoms with Crippen LogP contribution in [0.1, 0.15) is 30.9 Å². The lowest BCUT2D eigenvalue weighted by molar-refractivity contribution is -0.138. The van der Waals surface area contributed by atoms with Crippen molar-refractivity contribution in [3.05, 3.63) is 53.6 Å². The maximum Gasteiger partial charge on any atom is 0.303 e. The van der Waals surface area contributed by atoms with E-state index in [1.807, 2.05) is 30.3 Å². The van der Waals surface area contributed by atoms with Crippen LogP contribution in [0.3, 0.4) is 0 Å². The molecule has 2 aromatic rings. The van der Waals surface area contributed by atoms with Crippen molar-refractivity contribution in [1.29, 1.82) is 0 Å². The van der Waals surface area contributed by atoms with Crippen molar-refractivity contribution in [2.75, 3.05) is 0 Å². The van der Waals surface area contributed by atoms with Gasteiger partial charge in [-0.25, -0.2) is 0 Å². The number of carboxylic acids is 1. The molecule has 1 aliphatic rings. The van der Waals surface area contributed by atoms with Crippen LogP contribution >= 0.6 is 0 Å². The first-order valence-electron chi connectivity index (χ1n) is 8.38. The van der Waals surface area contributed by atoms with Crippen molar-refractivity contribution < 1.29 is 19.4 Å². The van der Waals surface area contributed by atoms with Crippen LogP contribution in [0.15, 0.2) is 42.5 Å². The van der Waals surface area contributed by atoms with E-state index < -0.39 is 5.97 Å². The minimum Gasteiger partial charge on any atom is -0.490 e. The molecule has 1 aliphatic heterocycles. The van der Waals surface area contributed by atoms with Gasteiger partial charge >= 0.3 is 5.97 Å². The van der Waals surface area contributed by atoms with Crippen LogP contribution in [-0.4, -0.2) is 23.1 Å². The molecule has 0 fully saturated rings. The third-order valence-corrected chi connectivity index (χ3v) is 4.24. The summed E-state index contributed by atoms with van der Waals surface area (Å²) in [6.07, 6.45) is 1.02. The summed E-state index contributed by atoms with van der Waals surface area (Å²) in [7, 11) is 0. The molecule has 1 amide bonds. The smallest absolute Gasteiger partial charge is 0.303 e. The normalized spacial score (nSPS) is 15.3. The van der Waals surface area contributed by atoms with Crippen molar-refractivity contribution in [3.8, 4) is 16.9 Å². The largest absolute Gasteiger partial charge is 0.490 e. The topological polar surface area (TPSA) is 75.6 Å². The van der Waals surface area contributed by atoms with Gasteiger partial charge in [-0.2, -0.15) is 0 Å². The highest BCUT2D eigenvalue weighted by Crippen LogP contribution is 2.32. The van der Waals surface area contributed by atoms with Gasteiger partial charge in [0.2, 0.25) is 5.91 Å². The number of carboxylic acid groups (broad SMARTS) is 1. The van der Waals surface area contributed by atoms with Gasteiger partial charge in [0.15, 0.2) is 0 Å². The fraction of sp³-hybridized carbons (Fsp3) is 0.300. The van der Waals surface area contributed by atoms with Crippen LogP contribution in [0.2, 0.25) is 0 Å². The Bertz CT molecular complexity index is 783. The van der Waals surface area contributed by atoms with E-state index in [0.717, 1.165) is 28.9 Å². The average molecular weight is 339 g/mol. The van der Waals surface area contributed by atoms with Crippen molar-refractivity contribution >= 4 is 11.9 Å². The van der Waals surface area contributed by atoms with Crippen LogP contribution in [-0.2, 0) is 22.6 Å². The maximum atomic E-state index is 11.6. The molecule has 5 nitrogen and oxygen atoms in total. The Labute approximate surface area is 146 Å². The van der Waals surface area contributed by atoms with Gasteiger partial charge in [-0.3, -0.25) is 9.59 Å². The number of carbonyl (C=O) groups is 2. The molecule has 3 rings (SSSR count). The molecule has 0 aliphatic carbocycles. The summed E-state index contributed by atoms with van der Waals surface area (Å²) in [4.78, 5) is 22.0. The summed E-state index contributed by atoms with van der Waals surface area (Å²) in [6, 6.07) is 14.2. The molecule has 130 valence electrons. The van der Waals surface area contributed by atoms with Gasteiger partial charge in [-0.1, -0.05) is 30.3 Å². The number of fused-ring (bicyclic) bond motifs is 1. The van der Waals surface area contributed by atoms with Gasteiger partial charge in [-0.05, 0) is 41.3 Å². The van der Waals surface area contributed by atoms with Crippen LogP contribution in [0.25, 0.3) is 11.1 Å². The lowest BCUT2D eigenvalue weighted by atomic mass is 10.00. The van der Waals surface area contributed by atoms with E-state index in [1.165, 1.54) is 5.56 Å². The van der Waals surface area contributed by atoms with Gasteiger partial charge in [0.1, 0.15) is 11.9 Å². The van der Waals surface area contributed by atoms with Gasteiger partial charge in [-0.15, -0.1) is 0 Å². The highest BCUT2D eigenvalue weighted by Gasteiger charge is 2.19. The number of benzene rings is 2. The van der Waals surface area contributed by atoms with E-state index in [4.69, 9.17) is 9.84 Å². The zero-order valence-corrected chi connectivity index (χ0v) is 14.1. The van der Waals surface area contributed by atoms with Crippen molar-refractivity contribution in [1.82, 2.24) is 5.32 Å². The third kappa shape index (κ3) is 4.38. The second-order valence-corrected chi connectivity index (χ2v) is 6.32. The number of aliphatic carboxylic acids is 1. The minimum atomic E-state index is -0.964. The summed E-state index contributed by atoms with van der Waals surface area (Å²) in [5.74, 6) is -0.246. The van der Waals surface area contributed by atoms with Crippen LogP contribution in [0, 0.1) is 0 Å². The first-order valence-corrected chi connectivity index (χ1v) is 8.38. The van der Waals surface area contributed by atoms with Gasteiger partial charge in [0, 0.05) is 19.4 Å². The van der Waals surface area contributed by atoms with Crippen molar-refractivity contribution in [2.45, 2.75) is 38.8 Å². The van der Waals surface area contributed by atoms with Crippen LogP contribution < -0.4 is 10.1 Å². The zero-order valence-electron chi connectivity index (χ0n) is 14.1. The predicted molar refractivity (Wildman–Crippen MR) is 94.4 cm³/mol. The van der Waals surface area contributed by atoms with E-state index in [1.54, 1.807) is 0 Å². The Morgan fingerprint density at radius 1 is 1.12 bits per heavy atom. The fourth-order valence-corrected chi connectivity index (χ4v) is 2.93. The summed E-state index contributed by atoms with van der Waals surface area (Å²) < 4.78 is 5.73. The molecule has 0 aromatic heterocycles. The van der Waals surface area contributed by atoms with Gasteiger partial charge in [0.25, 0.3) is 0 Å². The van der Waals surface area contributed by atoms with Gasteiger partial charge in [0.05, 0.1) is 6.42 Å². The molecule has 0 bridgehead atoms. The fourth-order valence-electron chi connectivity index (χ4n) is 2.93. The lowest BCUT2D eigenvalue weighted by Gasteiger charge is -2.07. The van der Waals surface area contributed by atoms with Crippen LogP contribution in [0.5, 0.6) is 5.75 Å². The molecule has 0 saturated heterocycles. The monoisotopic (exact) mass is 339 g/mol. The Balaban J connectivity index is 1.60. The molecule has 1 unspecified atom stereocenters. The van der Waals surface area contributed by atoms with Crippen molar-refractivity contribution in [3.63, 3.8) is 0 Å². The highest BCUT2D eigenvalue weighted by atomic mass is 16.5. The Kier molecular flexibility index (Phi) is 5.03. The van der Waals surface area contributed by atoms with E-state index in [0.29, 0.717) is 6.54 Å². The van der Waals surface area contributed by atoms with Gasteiger partial charge < -0.3 is 15.2 Å². The molecular formula is C20H21NO4. The summed E-state index contributed by atoms with van der Waals surface area (Å²) in [6.45, 7) is 2.47. The standard InChI is InChI=1S/C20H21NO4/c1-13-10-17-11-16(6-7-18(17)25-13)15-4-2-14(3-5-15)12-21-19(22)8-9-20(23)24/h2-7,11,13H,8-10,12H2,1H3,(H,21,22)(H,23,24). The quantitative estimate of drug-likeness (QED) is 0.848. The van der Waals surface area contributed by atoms with E-state index in [-0.39, 0.29) is 24.9 Å². The minimum absolute atomic E-state index is 0.00301. The summed E-state index contributed by atoms with van der Waals surface area (Å²) in [5.41, 5.74) is 4.47. The number of hydrogen-bond acceptors (Lipinski definition) is 3. The second-order valence-electron chi connectivity index (χ2n) is 6.32. The molecule has 2 aromatic carbocycles. The Morgan fingerprint density at radius 3 is 2.56 bits per heavy atom. The summed E-state index contributed by atoms with van der Waals surface area (Å²) >= 11 is 0. The molecule has 0 spiro atoms.